The van der Waals surface area contributed by atoms with E-state index in [2.05, 4.69) is 42.5 Å². The SMILES string of the molecule is COc1ccc(C(=O)NCCCCCCCCNC(=O)c2ccc(OC)c(Br)c2)cc1Br. The third kappa shape index (κ3) is 8.47. The number of amides is 2. The van der Waals surface area contributed by atoms with Crippen molar-refractivity contribution < 1.29 is 19.1 Å². The molecule has 0 aliphatic rings. The maximum Gasteiger partial charge on any atom is 0.251 e. The third-order valence-electron chi connectivity index (χ3n) is 5.00. The average Bonchev–Trinajstić information content (AvgIpc) is 2.79. The van der Waals surface area contributed by atoms with Crippen molar-refractivity contribution in [1.29, 1.82) is 0 Å². The van der Waals surface area contributed by atoms with Crippen LogP contribution in [0.5, 0.6) is 11.5 Å². The molecule has 0 heterocycles. The van der Waals surface area contributed by atoms with Gasteiger partial charge in [-0.3, -0.25) is 9.59 Å². The Morgan fingerprint density at radius 2 is 1.06 bits per heavy atom. The zero-order valence-electron chi connectivity index (χ0n) is 18.5. The molecule has 6 nitrogen and oxygen atoms in total. The van der Waals surface area contributed by atoms with E-state index in [1.807, 2.05) is 0 Å². The normalized spacial score (nSPS) is 10.5. The molecule has 0 fully saturated rings. The molecule has 0 aromatic heterocycles. The third-order valence-corrected chi connectivity index (χ3v) is 6.24. The number of hydrogen-bond acceptors (Lipinski definition) is 4. The quantitative estimate of drug-likeness (QED) is 0.302. The van der Waals surface area contributed by atoms with Crippen molar-refractivity contribution in [1.82, 2.24) is 10.6 Å². The zero-order valence-corrected chi connectivity index (χ0v) is 21.7. The van der Waals surface area contributed by atoms with E-state index in [4.69, 9.17) is 9.47 Å². The molecule has 0 aliphatic heterocycles. The molecular formula is C24H30Br2N2O4. The van der Waals surface area contributed by atoms with Crippen LogP contribution in [0.4, 0.5) is 0 Å². The molecule has 174 valence electrons. The molecule has 2 aromatic carbocycles. The Kier molecular flexibility index (Phi) is 11.6. The average molecular weight is 570 g/mol. The summed E-state index contributed by atoms with van der Waals surface area (Å²) < 4.78 is 11.9. The molecule has 2 amide bonds. The number of halogens is 2. The van der Waals surface area contributed by atoms with E-state index < -0.39 is 0 Å². The molecule has 0 spiro atoms. The van der Waals surface area contributed by atoms with Gasteiger partial charge in [-0.1, -0.05) is 25.7 Å². The fourth-order valence-corrected chi connectivity index (χ4v) is 4.26. The molecule has 8 heteroatoms. The molecule has 0 bridgehead atoms. The summed E-state index contributed by atoms with van der Waals surface area (Å²) in [4.78, 5) is 24.4. The summed E-state index contributed by atoms with van der Waals surface area (Å²) in [5.74, 6) is 1.26. The molecule has 0 aliphatic carbocycles. The van der Waals surface area contributed by atoms with E-state index in [9.17, 15) is 9.59 Å². The number of unbranched alkanes of at least 4 members (excludes halogenated alkanes) is 5. The molecule has 0 atom stereocenters. The molecule has 0 saturated heterocycles. The lowest BCUT2D eigenvalue weighted by Gasteiger charge is -2.08. The highest BCUT2D eigenvalue weighted by molar-refractivity contribution is 9.10. The van der Waals surface area contributed by atoms with Gasteiger partial charge in [-0.15, -0.1) is 0 Å². The minimum Gasteiger partial charge on any atom is -0.496 e. The van der Waals surface area contributed by atoms with Crippen LogP contribution in [0.25, 0.3) is 0 Å². The number of carbonyl (C=O) groups is 2. The largest absolute Gasteiger partial charge is 0.496 e. The summed E-state index contributed by atoms with van der Waals surface area (Å²) in [5.41, 5.74) is 1.23. The van der Waals surface area contributed by atoms with Crippen LogP contribution in [0.3, 0.4) is 0 Å². The van der Waals surface area contributed by atoms with Crippen LogP contribution in [-0.2, 0) is 0 Å². The van der Waals surface area contributed by atoms with E-state index in [-0.39, 0.29) is 11.8 Å². The number of nitrogens with one attached hydrogen (secondary N) is 2. The first-order valence-electron chi connectivity index (χ1n) is 10.7. The highest BCUT2D eigenvalue weighted by Gasteiger charge is 2.09. The lowest BCUT2D eigenvalue weighted by atomic mass is 10.1. The number of rotatable bonds is 13. The van der Waals surface area contributed by atoms with Gasteiger partial charge in [-0.2, -0.15) is 0 Å². The van der Waals surface area contributed by atoms with Gasteiger partial charge in [-0.05, 0) is 81.1 Å². The van der Waals surface area contributed by atoms with Gasteiger partial charge in [-0.25, -0.2) is 0 Å². The summed E-state index contributed by atoms with van der Waals surface area (Å²) in [5, 5.41) is 5.91. The zero-order chi connectivity index (χ0) is 23.3. The Morgan fingerprint density at radius 1 is 0.688 bits per heavy atom. The second kappa shape index (κ2) is 14.2. The highest BCUT2D eigenvalue weighted by Crippen LogP contribution is 2.26. The predicted octanol–water partition coefficient (Wildman–Crippen LogP) is 5.73. The van der Waals surface area contributed by atoms with Gasteiger partial charge in [0.15, 0.2) is 0 Å². The van der Waals surface area contributed by atoms with Crippen LogP contribution < -0.4 is 20.1 Å². The van der Waals surface area contributed by atoms with E-state index >= 15 is 0 Å². The Labute approximate surface area is 206 Å². The molecule has 0 radical (unpaired) electrons. The summed E-state index contributed by atoms with van der Waals surface area (Å²) in [6.07, 6.45) is 6.27. The molecule has 32 heavy (non-hydrogen) atoms. The monoisotopic (exact) mass is 568 g/mol. The fourth-order valence-electron chi connectivity index (χ4n) is 3.18. The maximum absolute atomic E-state index is 12.2. The molecule has 0 saturated carbocycles. The van der Waals surface area contributed by atoms with Crippen LogP contribution in [0.1, 0.15) is 59.2 Å². The van der Waals surface area contributed by atoms with Gasteiger partial charge in [0.25, 0.3) is 11.8 Å². The topological polar surface area (TPSA) is 76.7 Å². The van der Waals surface area contributed by atoms with Gasteiger partial charge < -0.3 is 20.1 Å². The lowest BCUT2D eigenvalue weighted by molar-refractivity contribution is 0.0944. The summed E-state index contributed by atoms with van der Waals surface area (Å²) >= 11 is 6.79. The summed E-state index contributed by atoms with van der Waals surface area (Å²) in [6.45, 7) is 1.33. The number of carbonyl (C=O) groups excluding carboxylic acids is 2. The van der Waals surface area contributed by atoms with Crippen LogP contribution in [0.15, 0.2) is 45.3 Å². The van der Waals surface area contributed by atoms with Crippen LogP contribution >= 0.6 is 31.9 Å². The van der Waals surface area contributed by atoms with Gasteiger partial charge in [0, 0.05) is 24.2 Å². The minimum atomic E-state index is -0.0759. The van der Waals surface area contributed by atoms with E-state index in [1.165, 1.54) is 0 Å². The fraction of sp³-hybridized carbons (Fsp3) is 0.417. The second-order valence-electron chi connectivity index (χ2n) is 7.33. The van der Waals surface area contributed by atoms with Crippen molar-refractivity contribution in [2.24, 2.45) is 0 Å². The summed E-state index contributed by atoms with van der Waals surface area (Å²) in [6, 6.07) is 10.6. The van der Waals surface area contributed by atoms with Gasteiger partial charge in [0.1, 0.15) is 11.5 Å². The summed E-state index contributed by atoms with van der Waals surface area (Å²) in [7, 11) is 3.19. The van der Waals surface area contributed by atoms with Gasteiger partial charge >= 0.3 is 0 Å². The number of ether oxygens (including phenoxy) is 2. The number of methoxy groups -OCH3 is 2. The molecule has 0 unspecified atom stereocenters. The van der Waals surface area contributed by atoms with E-state index in [0.717, 1.165) is 47.5 Å². The predicted molar refractivity (Wildman–Crippen MR) is 134 cm³/mol. The molecule has 2 aromatic rings. The smallest absolute Gasteiger partial charge is 0.251 e. The second-order valence-corrected chi connectivity index (χ2v) is 9.04. The van der Waals surface area contributed by atoms with Crippen molar-refractivity contribution in [3.63, 3.8) is 0 Å². The maximum atomic E-state index is 12.2. The molecule has 2 rings (SSSR count). The Balaban J connectivity index is 1.51. The van der Waals surface area contributed by atoms with Crippen molar-refractivity contribution in [2.45, 2.75) is 38.5 Å². The van der Waals surface area contributed by atoms with E-state index in [1.54, 1.807) is 50.6 Å². The van der Waals surface area contributed by atoms with Crippen molar-refractivity contribution >= 4 is 43.7 Å². The molecular weight excluding hydrogens is 540 g/mol. The van der Waals surface area contributed by atoms with Crippen molar-refractivity contribution in [3.05, 3.63) is 56.5 Å². The van der Waals surface area contributed by atoms with Crippen LogP contribution in [0, 0.1) is 0 Å². The molecule has 2 N–H and O–H groups in total. The first-order chi connectivity index (χ1) is 15.5. The standard InChI is InChI=1S/C24H30Br2N2O4/c1-31-21-11-9-17(15-19(21)25)23(29)27-13-7-5-3-4-6-8-14-28-24(30)18-10-12-22(32-2)20(26)16-18/h9-12,15-16H,3-8,13-14H2,1-2H3,(H,27,29)(H,28,30). The van der Waals surface area contributed by atoms with Gasteiger partial charge in [0.2, 0.25) is 0 Å². The van der Waals surface area contributed by atoms with Crippen molar-refractivity contribution in [3.8, 4) is 11.5 Å². The Bertz CT molecular complexity index is 832. The minimum absolute atomic E-state index is 0.0759. The number of hydrogen-bond donors (Lipinski definition) is 2. The van der Waals surface area contributed by atoms with Crippen molar-refractivity contribution in [2.75, 3.05) is 27.3 Å². The van der Waals surface area contributed by atoms with E-state index in [0.29, 0.717) is 35.7 Å². The first-order valence-corrected chi connectivity index (χ1v) is 12.3. The first kappa shape index (κ1) is 26.2. The Hall–Kier alpha value is -2.06. The van der Waals surface area contributed by atoms with Crippen LogP contribution in [0.2, 0.25) is 0 Å². The highest BCUT2D eigenvalue weighted by atomic mass is 79.9. The van der Waals surface area contributed by atoms with Crippen LogP contribution in [-0.4, -0.2) is 39.1 Å². The van der Waals surface area contributed by atoms with Gasteiger partial charge in [0.05, 0.1) is 23.2 Å². The Morgan fingerprint density at radius 3 is 1.41 bits per heavy atom. The lowest BCUT2D eigenvalue weighted by Crippen LogP contribution is -2.24. The number of benzene rings is 2.